The third kappa shape index (κ3) is 2.19. The van der Waals surface area contributed by atoms with Crippen molar-refractivity contribution >= 4 is 0 Å². The summed E-state index contributed by atoms with van der Waals surface area (Å²) in [6.45, 7) is 4.45. The summed E-state index contributed by atoms with van der Waals surface area (Å²) >= 11 is 0. The quantitative estimate of drug-likeness (QED) is 0.793. The third-order valence-electron chi connectivity index (χ3n) is 2.62. The Morgan fingerprint density at radius 3 is 2.94 bits per heavy atom. The van der Waals surface area contributed by atoms with Gasteiger partial charge in [0.15, 0.2) is 0 Å². The summed E-state index contributed by atoms with van der Waals surface area (Å²) < 4.78 is 11.2. The van der Waals surface area contributed by atoms with Crippen molar-refractivity contribution in [1.82, 2.24) is 0 Å². The van der Waals surface area contributed by atoms with Crippen LogP contribution < -0.4 is 10.5 Å². The Hall–Kier alpha value is -1.10. The molecular weight excluding hydrogens is 206 g/mol. The Labute approximate surface area is 95.0 Å². The van der Waals surface area contributed by atoms with E-state index in [0.29, 0.717) is 6.61 Å². The molecule has 0 aliphatic carbocycles. The van der Waals surface area contributed by atoms with Crippen LogP contribution in [0.25, 0.3) is 0 Å². The molecule has 0 bridgehead atoms. The van der Waals surface area contributed by atoms with Gasteiger partial charge in [0.05, 0.1) is 12.7 Å². The van der Waals surface area contributed by atoms with Gasteiger partial charge in [-0.05, 0) is 17.7 Å². The topological polar surface area (TPSA) is 64.7 Å². The zero-order chi connectivity index (χ0) is 11.8. The normalized spacial score (nSPS) is 19.8. The minimum absolute atomic E-state index is 0.214. The highest BCUT2D eigenvalue weighted by Crippen LogP contribution is 2.32. The Morgan fingerprint density at radius 2 is 2.25 bits per heavy atom. The van der Waals surface area contributed by atoms with Crippen LogP contribution in [0, 0.1) is 0 Å². The van der Waals surface area contributed by atoms with Gasteiger partial charge in [-0.1, -0.05) is 6.07 Å². The zero-order valence-corrected chi connectivity index (χ0v) is 9.56. The average molecular weight is 223 g/mol. The number of fused-ring (bicyclic) bond motifs is 1. The molecule has 1 aromatic carbocycles. The van der Waals surface area contributed by atoms with E-state index in [4.69, 9.17) is 15.2 Å². The molecule has 16 heavy (non-hydrogen) atoms. The second kappa shape index (κ2) is 4.05. The Kier molecular flexibility index (Phi) is 2.88. The van der Waals surface area contributed by atoms with Gasteiger partial charge in [-0.25, -0.2) is 0 Å². The van der Waals surface area contributed by atoms with Gasteiger partial charge in [-0.3, -0.25) is 0 Å². The molecule has 0 unspecified atom stereocenters. The van der Waals surface area contributed by atoms with Crippen LogP contribution >= 0.6 is 0 Å². The highest BCUT2D eigenvalue weighted by molar-refractivity contribution is 5.39. The maximum Gasteiger partial charge on any atom is 0.205 e. The molecule has 1 aromatic rings. The maximum absolute atomic E-state index is 9.63. The number of hydrogen-bond acceptors (Lipinski definition) is 4. The van der Waals surface area contributed by atoms with E-state index in [0.717, 1.165) is 16.9 Å². The number of benzene rings is 1. The summed E-state index contributed by atoms with van der Waals surface area (Å²) in [5.74, 6) is 0.227. The van der Waals surface area contributed by atoms with Crippen LogP contribution in [0.2, 0.25) is 0 Å². The van der Waals surface area contributed by atoms with Crippen molar-refractivity contribution in [3.63, 3.8) is 0 Å². The first-order valence-corrected chi connectivity index (χ1v) is 5.36. The van der Waals surface area contributed by atoms with Gasteiger partial charge in [0.25, 0.3) is 0 Å². The summed E-state index contributed by atoms with van der Waals surface area (Å²) in [5.41, 5.74) is 7.16. The molecule has 1 heterocycles. The average Bonchev–Trinajstić information content (AvgIpc) is 2.26. The molecule has 0 fully saturated rings. The molecule has 0 amide bonds. The summed E-state index contributed by atoms with van der Waals surface area (Å²) in [4.78, 5) is 0. The maximum atomic E-state index is 9.63. The lowest BCUT2D eigenvalue weighted by Crippen LogP contribution is -2.35. The minimum atomic E-state index is -0.625. The van der Waals surface area contributed by atoms with Crippen molar-refractivity contribution in [2.24, 2.45) is 5.73 Å². The number of ether oxygens (including phenoxy) is 2. The zero-order valence-electron chi connectivity index (χ0n) is 9.56. The summed E-state index contributed by atoms with van der Waals surface area (Å²) in [5, 5.41) is 9.63. The molecule has 1 atom stereocenters. The Balaban J connectivity index is 2.28. The molecule has 0 radical (unpaired) electrons. The van der Waals surface area contributed by atoms with E-state index in [1.54, 1.807) is 0 Å². The molecule has 2 rings (SSSR count). The SMILES string of the molecule is CC1(C)OCc2cc([C@H](O)CN)ccc2O1. The van der Waals surface area contributed by atoms with E-state index in [2.05, 4.69) is 0 Å². The fraction of sp³-hybridized carbons (Fsp3) is 0.500. The summed E-state index contributed by atoms with van der Waals surface area (Å²) in [7, 11) is 0. The highest BCUT2D eigenvalue weighted by atomic mass is 16.7. The molecule has 3 N–H and O–H groups in total. The lowest BCUT2D eigenvalue weighted by Gasteiger charge is -2.32. The molecular formula is C12H17NO3. The second-order valence-corrected chi connectivity index (χ2v) is 4.41. The predicted molar refractivity (Wildman–Crippen MR) is 60.0 cm³/mol. The first-order chi connectivity index (χ1) is 7.52. The highest BCUT2D eigenvalue weighted by Gasteiger charge is 2.27. The fourth-order valence-corrected chi connectivity index (χ4v) is 1.70. The fourth-order valence-electron chi connectivity index (χ4n) is 1.70. The van der Waals surface area contributed by atoms with Gasteiger partial charge >= 0.3 is 0 Å². The van der Waals surface area contributed by atoms with E-state index in [1.165, 1.54) is 0 Å². The first-order valence-electron chi connectivity index (χ1n) is 5.36. The predicted octanol–water partition coefficient (Wildman–Crippen LogP) is 1.32. The lowest BCUT2D eigenvalue weighted by molar-refractivity contribution is -0.180. The van der Waals surface area contributed by atoms with Crippen molar-refractivity contribution in [2.45, 2.75) is 32.3 Å². The first kappa shape index (κ1) is 11.4. The molecule has 4 heteroatoms. The molecule has 0 aromatic heterocycles. The number of rotatable bonds is 2. The van der Waals surface area contributed by atoms with Crippen LogP contribution in [0.15, 0.2) is 18.2 Å². The van der Waals surface area contributed by atoms with Crippen LogP contribution in [-0.2, 0) is 11.3 Å². The van der Waals surface area contributed by atoms with Crippen LogP contribution in [0.1, 0.15) is 31.1 Å². The second-order valence-electron chi connectivity index (χ2n) is 4.41. The molecule has 4 nitrogen and oxygen atoms in total. The van der Waals surface area contributed by atoms with Crippen molar-refractivity contribution in [3.8, 4) is 5.75 Å². The van der Waals surface area contributed by atoms with Crippen molar-refractivity contribution in [3.05, 3.63) is 29.3 Å². The summed E-state index contributed by atoms with van der Waals surface area (Å²) in [6.07, 6.45) is -0.625. The Bertz CT molecular complexity index is 390. The number of hydrogen-bond donors (Lipinski definition) is 2. The third-order valence-corrected chi connectivity index (χ3v) is 2.62. The largest absolute Gasteiger partial charge is 0.463 e. The van der Waals surface area contributed by atoms with Crippen molar-refractivity contribution < 1.29 is 14.6 Å². The number of nitrogens with two attached hydrogens (primary N) is 1. The standard InChI is InChI=1S/C12H17NO3/c1-12(2)15-7-9-5-8(10(14)6-13)3-4-11(9)16-12/h3-5,10,14H,6-7,13H2,1-2H3/t10-/m1/s1. The van der Waals surface area contributed by atoms with Crippen molar-refractivity contribution in [1.29, 1.82) is 0 Å². The van der Waals surface area contributed by atoms with Gasteiger partial charge in [0.1, 0.15) is 5.75 Å². The van der Waals surface area contributed by atoms with Crippen LogP contribution in [0.5, 0.6) is 5.75 Å². The van der Waals surface area contributed by atoms with E-state index >= 15 is 0 Å². The van der Waals surface area contributed by atoms with E-state index < -0.39 is 11.9 Å². The molecule has 0 spiro atoms. The van der Waals surface area contributed by atoms with Gasteiger partial charge < -0.3 is 20.3 Å². The summed E-state index contributed by atoms with van der Waals surface area (Å²) in [6, 6.07) is 5.56. The van der Waals surface area contributed by atoms with Crippen LogP contribution in [0.3, 0.4) is 0 Å². The molecule has 1 aliphatic heterocycles. The van der Waals surface area contributed by atoms with Crippen LogP contribution in [0.4, 0.5) is 0 Å². The van der Waals surface area contributed by atoms with Gasteiger partial charge in [0, 0.05) is 26.0 Å². The van der Waals surface area contributed by atoms with E-state index in [1.807, 2.05) is 32.0 Å². The molecule has 0 saturated carbocycles. The van der Waals surface area contributed by atoms with Crippen molar-refractivity contribution in [2.75, 3.05) is 6.54 Å². The number of aliphatic hydroxyl groups is 1. The minimum Gasteiger partial charge on any atom is -0.463 e. The Morgan fingerprint density at radius 1 is 1.50 bits per heavy atom. The van der Waals surface area contributed by atoms with E-state index in [-0.39, 0.29) is 6.54 Å². The molecule has 88 valence electrons. The lowest BCUT2D eigenvalue weighted by atomic mass is 10.0. The van der Waals surface area contributed by atoms with Gasteiger partial charge in [0.2, 0.25) is 5.79 Å². The monoisotopic (exact) mass is 223 g/mol. The van der Waals surface area contributed by atoms with Gasteiger partial charge in [-0.15, -0.1) is 0 Å². The number of aliphatic hydroxyl groups excluding tert-OH is 1. The van der Waals surface area contributed by atoms with Gasteiger partial charge in [-0.2, -0.15) is 0 Å². The molecule has 1 aliphatic rings. The van der Waals surface area contributed by atoms with E-state index in [9.17, 15) is 5.11 Å². The molecule has 0 saturated heterocycles. The van der Waals surface area contributed by atoms with Crippen LogP contribution in [-0.4, -0.2) is 17.4 Å². The smallest absolute Gasteiger partial charge is 0.205 e.